The molecule has 2 amide bonds. The summed E-state index contributed by atoms with van der Waals surface area (Å²) in [5.41, 5.74) is 10.5. The maximum atomic E-state index is 11.5. The summed E-state index contributed by atoms with van der Waals surface area (Å²) in [5, 5.41) is 8.59. The summed E-state index contributed by atoms with van der Waals surface area (Å²) < 4.78 is 0. The highest BCUT2D eigenvalue weighted by Gasteiger charge is 2.11. The van der Waals surface area contributed by atoms with Crippen molar-refractivity contribution in [2.45, 2.75) is 46.6 Å². The van der Waals surface area contributed by atoms with E-state index in [0.717, 1.165) is 6.42 Å². The van der Waals surface area contributed by atoms with Crippen molar-refractivity contribution in [3.05, 3.63) is 70.1 Å². The molecule has 0 aliphatic carbocycles. The van der Waals surface area contributed by atoms with Crippen LogP contribution in [0.4, 0.5) is 11.4 Å². The van der Waals surface area contributed by atoms with Crippen LogP contribution in [0.1, 0.15) is 61.3 Å². The first-order valence-corrected chi connectivity index (χ1v) is 10.0. The molecule has 1 atom stereocenters. The Balaban J connectivity index is 0.000000323. The van der Waals surface area contributed by atoms with Gasteiger partial charge in [0.25, 0.3) is 0 Å². The molecule has 2 rings (SSSR count). The van der Waals surface area contributed by atoms with Gasteiger partial charge in [-0.3, -0.25) is 19.2 Å². The zero-order valence-electron chi connectivity index (χ0n) is 18.6. The van der Waals surface area contributed by atoms with Crippen LogP contribution in [0.3, 0.4) is 0 Å². The molecule has 0 radical (unpaired) electrons. The molecule has 32 heavy (non-hydrogen) atoms. The summed E-state index contributed by atoms with van der Waals surface area (Å²) in [5.74, 6) is -0.507. The van der Waals surface area contributed by atoms with Gasteiger partial charge in [-0.05, 0) is 57.0 Å². The molecule has 0 heterocycles. The lowest BCUT2D eigenvalue weighted by Crippen LogP contribution is -2.22. The van der Waals surface area contributed by atoms with E-state index in [2.05, 4.69) is 20.7 Å². The van der Waals surface area contributed by atoms with E-state index in [1.807, 2.05) is 6.92 Å². The monoisotopic (exact) mass is 437 g/mol. The van der Waals surface area contributed by atoms with Crippen molar-refractivity contribution in [1.29, 1.82) is 0 Å². The fourth-order valence-corrected chi connectivity index (χ4v) is 2.46. The van der Waals surface area contributed by atoms with Crippen molar-refractivity contribution in [3.63, 3.8) is 0 Å². The number of hydrogen-bond donors (Lipinski definition) is 2. The molecule has 2 aromatic carbocycles. The molecule has 0 aliphatic rings. The van der Waals surface area contributed by atoms with E-state index in [1.54, 1.807) is 48.5 Å². The Morgan fingerprint density at radius 3 is 1.88 bits per heavy atom. The molecule has 1 unspecified atom stereocenters. The van der Waals surface area contributed by atoms with Crippen LogP contribution in [0.5, 0.6) is 0 Å². The third-order valence-corrected chi connectivity index (χ3v) is 4.17. The summed E-state index contributed by atoms with van der Waals surface area (Å²) in [4.78, 5) is 47.6. The van der Waals surface area contributed by atoms with Crippen LogP contribution in [0.15, 0.2) is 53.6 Å². The van der Waals surface area contributed by atoms with E-state index < -0.39 is 11.9 Å². The number of carbonyl (C=O) groups is 4. The van der Waals surface area contributed by atoms with Gasteiger partial charge in [0.1, 0.15) is 6.04 Å². The Kier molecular flexibility index (Phi) is 10.9. The van der Waals surface area contributed by atoms with Gasteiger partial charge in [0.15, 0.2) is 11.6 Å². The fourth-order valence-electron chi connectivity index (χ4n) is 2.46. The number of nitrogens with zero attached hydrogens (tertiary/aromatic N) is 3. The zero-order valence-corrected chi connectivity index (χ0v) is 18.6. The van der Waals surface area contributed by atoms with Crippen molar-refractivity contribution in [2.24, 2.45) is 5.11 Å². The molecule has 0 saturated carbocycles. The van der Waals surface area contributed by atoms with Gasteiger partial charge in [-0.2, -0.15) is 0 Å². The molecule has 0 spiro atoms. The van der Waals surface area contributed by atoms with Crippen LogP contribution < -0.4 is 10.6 Å². The van der Waals surface area contributed by atoms with Crippen molar-refractivity contribution < 1.29 is 19.2 Å². The summed E-state index contributed by atoms with van der Waals surface area (Å²) in [6.45, 7) is 6.39. The van der Waals surface area contributed by atoms with Crippen LogP contribution in [0.25, 0.3) is 10.4 Å². The van der Waals surface area contributed by atoms with E-state index in [4.69, 9.17) is 5.53 Å². The summed E-state index contributed by atoms with van der Waals surface area (Å²) in [6, 6.07) is 12.7. The molecule has 9 nitrogen and oxygen atoms in total. The molecule has 9 heteroatoms. The minimum absolute atomic E-state index is 0.00147. The van der Waals surface area contributed by atoms with Crippen LogP contribution in [-0.2, 0) is 9.59 Å². The third kappa shape index (κ3) is 9.23. The number of nitrogens with one attached hydrogen (secondary N) is 2. The fraction of sp³-hybridized carbons (Fsp3) is 0.304. The SMILES string of the molecule is CC(=O)c1cccc(NC(=O)C(C)N=[N+]=[N-])c1.CCCC(=O)Nc1cccc(C(C)=O)c1. The smallest absolute Gasteiger partial charge is 0.233 e. The molecular formula is C23H27N5O4. The lowest BCUT2D eigenvalue weighted by atomic mass is 10.1. The van der Waals surface area contributed by atoms with Gasteiger partial charge >= 0.3 is 0 Å². The Labute approximate surface area is 186 Å². The molecule has 0 saturated heterocycles. The molecule has 2 N–H and O–H groups in total. The van der Waals surface area contributed by atoms with Gasteiger partial charge in [0.2, 0.25) is 11.8 Å². The maximum Gasteiger partial charge on any atom is 0.233 e. The molecule has 0 aliphatic heterocycles. The van der Waals surface area contributed by atoms with Gasteiger partial charge < -0.3 is 10.6 Å². The van der Waals surface area contributed by atoms with Gasteiger partial charge in [-0.15, -0.1) is 0 Å². The van der Waals surface area contributed by atoms with E-state index >= 15 is 0 Å². The number of Topliss-reactive ketones (excluding diaryl/α,β-unsaturated/α-hetero) is 2. The minimum Gasteiger partial charge on any atom is -0.326 e. The molecule has 2 aromatic rings. The van der Waals surface area contributed by atoms with Crippen molar-refractivity contribution in [2.75, 3.05) is 10.6 Å². The largest absolute Gasteiger partial charge is 0.326 e. The molecule has 0 aromatic heterocycles. The number of amides is 2. The van der Waals surface area contributed by atoms with Crippen LogP contribution in [0, 0.1) is 0 Å². The van der Waals surface area contributed by atoms with E-state index in [0.29, 0.717) is 28.9 Å². The Bertz CT molecular complexity index is 1030. The Hall–Kier alpha value is -3.97. The standard InChI is InChI=1S/C12H15NO2.C11H12N4O2/c1-3-5-12(15)13-11-7-4-6-10(8-11)9(2)14;1-7(14-15-12)11(17)13-10-5-3-4-9(6-10)8(2)16/h4,6-8H,3,5H2,1-2H3,(H,13,15);3-7H,1-2H3,(H,13,17). The van der Waals surface area contributed by atoms with Crippen molar-refractivity contribution in [1.82, 2.24) is 0 Å². The maximum absolute atomic E-state index is 11.5. The van der Waals surface area contributed by atoms with Gasteiger partial charge in [-0.25, -0.2) is 0 Å². The second kappa shape index (κ2) is 13.4. The Morgan fingerprint density at radius 2 is 1.44 bits per heavy atom. The lowest BCUT2D eigenvalue weighted by molar-refractivity contribution is -0.117. The zero-order chi connectivity index (χ0) is 24.1. The quantitative estimate of drug-likeness (QED) is 0.255. The van der Waals surface area contributed by atoms with Gasteiger partial charge in [0.05, 0.1) is 0 Å². The van der Waals surface area contributed by atoms with Crippen LogP contribution >= 0.6 is 0 Å². The van der Waals surface area contributed by atoms with Gasteiger partial charge in [-0.1, -0.05) is 36.3 Å². The Morgan fingerprint density at radius 1 is 0.938 bits per heavy atom. The predicted molar refractivity (Wildman–Crippen MR) is 124 cm³/mol. The first kappa shape index (κ1) is 26.1. The number of benzene rings is 2. The number of anilines is 2. The highest BCUT2D eigenvalue weighted by Crippen LogP contribution is 2.12. The van der Waals surface area contributed by atoms with Crippen molar-refractivity contribution in [3.8, 4) is 0 Å². The lowest BCUT2D eigenvalue weighted by Gasteiger charge is -2.08. The topological polar surface area (TPSA) is 141 Å². The van der Waals surface area contributed by atoms with Crippen LogP contribution in [-0.4, -0.2) is 29.4 Å². The number of hydrogen-bond acceptors (Lipinski definition) is 5. The molecule has 168 valence electrons. The van der Waals surface area contributed by atoms with E-state index in [1.165, 1.54) is 20.8 Å². The second-order valence-corrected chi connectivity index (χ2v) is 6.94. The predicted octanol–water partition coefficient (Wildman–Crippen LogP) is 5.15. The molecule has 0 bridgehead atoms. The van der Waals surface area contributed by atoms with Crippen molar-refractivity contribution >= 4 is 34.8 Å². The number of carbonyl (C=O) groups excluding carboxylic acids is 4. The normalized spacial score (nSPS) is 10.5. The first-order chi connectivity index (χ1) is 15.2. The highest BCUT2D eigenvalue weighted by molar-refractivity contribution is 5.98. The van der Waals surface area contributed by atoms with E-state index in [-0.39, 0.29) is 17.5 Å². The summed E-state index contributed by atoms with van der Waals surface area (Å²) >= 11 is 0. The average molecular weight is 438 g/mol. The van der Waals surface area contributed by atoms with E-state index in [9.17, 15) is 19.2 Å². The number of ketones is 2. The highest BCUT2D eigenvalue weighted by atomic mass is 16.2. The third-order valence-electron chi connectivity index (χ3n) is 4.17. The van der Waals surface area contributed by atoms with Crippen LogP contribution in [0.2, 0.25) is 0 Å². The molecule has 0 fully saturated rings. The second-order valence-electron chi connectivity index (χ2n) is 6.94. The average Bonchev–Trinajstić information content (AvgIpc) is 2.75. The summed E-state index contributed by atoms with van der Waals surface area (Å²) in [6.07, 6.45) is 1.32. The van der Waals surface area contributed by atoms with Gasteiger partial charge in [0, 0.05) is 33.8 Å². The number of rotatable bonds is 8. The number of azide groups is 1. The summed E-state index contributed by atoms with van der Waals surface area (Å²) in [7, 11) is 0. The first-order valence-electron chi connectivity index (χ1n) is 10.0. The molecular weight excluding hydrogens is 410 g/mol. The minimum atomic E-state index is -0.791.